The summed E-state index contributed by atoms with van der Waals surface area (Å²) in [5.74, 6) is 1.30. The summed E-state index contributed by atoms with van der Waals surface area (Å²) in [5.41, 5.74) is 7.53. The van der Waals surface area contributed by atoms with Crippen molar-refractivity contribution in [2.24, 2.45) is 11.7 Å². The quantitative estimate of drug-likeness (QED) is 0.674. The van der Waals surface area contributed by atoms with Crippen molar-refractivity contribution in [3.8, 4) is 0 Å². The summed E-state index contributed by atoms with van der Waals surface area (Å²) in [5, 5.41) is 10.4. The van der Waals surface area contributed by atoms with Crippen molar-refractivity contribution in [3.05, 3.63) is 41.7 Å². The Morgan fingerprint density at radius 1 is 1.41 bits per heavy atom. The lowest BCUT2D eigenvalue weighted by Gasteiger charge is -2.16. The third kappa shape index (κ3) is 3.86. The van der Waals surface area contributed by atoms with Gasteiger partial charge in [0.1, 0.15) is 6.33 Å². The van der Waals surface area contributed by atoms with Gasteiger partial charge >= 0.3 is 0 Å². The first-order chi connectivity index (χ1) is 10.8. The Balaban J connectivity index is 1.54. The maximum Gasteiger partial charge on any atom is 0.251 e. The molecule has 0 bridgehead atoms. The number of nitrogens with two attached hydrogens (primary N) is 1. The predicted octanol–water partition coefficient (Wildman–Crippen LogP) is 1.56. The lowest BCUT2D eigenvalue weighted by atomic mass is 10.1. The van der Waals surface area contributed by atoms with Crippen LogP contribution in [0.4, 0.5) is 0 Å². The predicted molar refractivity (Wildman–Crippen MR) is 85.4 cm³/mol. The molecule has 1 heterocycles. The van der Waals surface area contributed by atoms with Gasteiger partial charge in [-0.15, -0.1) is 0 Å². The van der Waals surface area contributed by atoms with Gasteiger partial charge < -0.3 is 11.1 Å². The topological polar surface area (TPSA) is 96.7 Å². The van der Waals surface area contributed by atoms with E-state index in [4.69, 9.17) is 5.73 Å². The molecule has 1 aromatic heterocycles. The number of aromatic amines is 1. The van der Waals surface area contributed by atoms with Crippen molar-refractivity contribution < 1.29 is 4.79 Å². The lowest BCUT2D eigenvalue weighted by Crippen LogP contribution is -2.41. The largest absolute Gasteiger partial charge is 0.348 e. The van der Waals surface area contributed by atoms with E-state index in [9.17, 15) is 4.79 Å². The Bertz CT molecular complexity index is 609. The summed E-state index contributed by atoms with van der Waals surface area (Å²) >= 11 is 1.57. The number of carbonyl (C=O) groups is 1. The van der Waals surface area contributed by atoms with E-state index in [-0.39, 0.29) is 11.9 Å². The number of hydrogen-bond acceptors (Lipinski definition) is 5. The fraction of sp³-hybridized carbons (Fsp3) is 0.400. The average molecular weight is 317 g/mol. The van der Waals surface area contributed by atoms with E-state index in [1.807, 2.05) is 24.3 Å². The highest BCUT2D eigenvalue weighted by Crippen LogP contribution is 2.32. The highest BCUT2D eigenvalue weighted by molar-refractivity contribution is 7.98. The Labute approximate surface area is 133 Å². The summed E-state index contributed by atoms with van der Waals surface area (Å²) in [6, 6.07) is 7.74. The van der Waals surface area contributed by atoms with Gasteiger partial charge in [-0.3, -0.25) is 9.89 Å². The minimum Gasteiger partial charge on any atom is -0.348 e. The molecule has 0 saturated heterocycles. The van der Waals surface area contributed by atoms with Gasteiger partial charge in [-0.2, -0.15) is 5.10 Å². The van der Waals surface area contributed by atoms with Crippen molar-refractivity contribution in [1.82, 2.24) is 20.5 Å². The molecule has 116 valence electrons. The Hall–Kier alpha value is -1.86. The van der Waals surface area contributed by atoms with E-state index in [2.05, 4.69) is 20.5 Å². The van der Waals surface area contributed by atoms with E-state index >= 15 is 0 Å². The molecule has 1 unspecified atom stereocenters. The fourth-order valence-corrected chi connectivity index (χ4v) is 3.02. The van der Waals surface area contributed by atoms with Gasteiger partial charge in [0.25, 0.3) is 5.91 Å². The van der Waals surface area contributed by atoms with Crippen LogP contribution in [0.5, 0.6) is 0 Å². The van der Waals surface area contributed by atoms with E-state index in [1.165, 1.54) is 19.2 Å². The van der Waals surface area contributed by atoms with Gasteiger partial charge in [0.05, 0.1) is 0 Å². The molecule has 1 saturated carbocycles. The highest BCUT2D eigenvalue weighted by Gasteiger charge is 2.31. The van der Waals surface area contributed by atoms with Crippen LogP contribution in [0.25, 0.3) is 0 Å². The number of amides is 1. The molecular weight excluding hydrogens is 298 g/mol. The second kappa shape index (κ2) is 6.93. The summed E-state index contributed by atoms with van der Waals surface area (Å²) in [6.07, 6.45) is 3.82. The Morgan fingerprint density at radius 3 is 2.77 bits per heavy atom. The second-order valence-corrected chi connectivity index (χ2v) is 6.39. The van der Waals surface area contributed by atoms with Crippen molar-refractivity contribution in [1.29, 1.82) is 0 Å². The van der Waals surface area contributed by atoms with Crippen LogP contribution >= 0.6 is 11.8 Å². The van der Waals surface area contributed by atoms with Gasteiger partial charge in [-0.25, -0.2) is 4.98 Å². The van der Waals surface area contributed by atoms with Crippen molar-refractivity contribution in [3.63, 3.8) is 0 Å². The first-order valence-electron chi connectivity index (χ1n) is 7.34. The first-order valence-corrected chi connectivity index (χ1v) is 8.33. The zero-order valence-corrected chi connectivity index (χ0v) is 13.0. The van der Waals surface area contributed by atoms with Gasteiger partial charge in [0.2, 0.25) is 0 Å². The highest BCUT2D eigenvalue weighted by atomic mass is 32.2. The number of benzene rings is 1. The molecule has 1 atom stereocenters. The maximum atomic E-state index is 12.2. The van der Waals surface area contributed by atoms with Crippen LogP contribution in [-0.2, 0) is 5.75 Å². The van der Waals surface area contributed by atoms with Gasteiger partial charge in [0.15, 0.2) is 5.16 Å². The normalized spacial score (nSPS) is 15.5. The molecular formula is C15H19N5OS. The standard InChI is InChI=1S/C15H19N5OS/c16-7-13(11-5-6-11)19-14(21)12-3-1-10(2-4-12)8-22-15-17-9-18-20-15/h1-4,9,11,13H,5-8,16H2,(H,19,21)(H,17,18,20). The van der Waals surface area contributed by atoms with Crippen LogP contribution in [0.1, 0.15) is 28.8 Å². The third-order valence-electron chi connectivity index (χ3n) is 3.75. The van der Waals surface area contributed by atoms with E-state index < -0.39 is 0 Å². The maximum absolute atomic E-state index is 12.2. The molecule has 2 aromatic rings. The fourth-order valence-electron chi connectivity index (χ4n) is 2.29. The number of aromatic nitrogens is 3. The van der Waals surface area contributed by atoms with Crippen molar-refractivity contribution >= 4 is 17.7 Å². The molecule has 4 N–H and O–H groups in total. The number of nitrogens with one attached hydrogen (secondary N) is 2. The van der Waals surface area contributed by atoms with Crippen LogP contribution in [-0.4, -0.2) is 33.7 Å². The van der Waals surface area contributed by atoms with Crippen LogP contribution < -0.4 is 11.1 Å². The SMILES string of the molecule is NCC(NC(=O)c1ccc(CSc2ncn[nH]2)cc1)C1CC1. The molecule has 1 aliphatic rings. The molecule has 1 aromatic carbocycles. The molecule has 0 aliphatic heterocycles. The Kier molecular flexibility index (Phi) is 4.74. The molecule has 1 aliphatic carbocycles. The zero-order valence-electron chi connectivity index (χ0n) is 12.2. The van der Waals surface area contributed by atoms with E-state index in [0.717, 1.165) is 16.5 Å². The molecule has 22 heavy (non-hydrogen) atoms. The molecule has 1 amide bonds. The van der Waals surface area contributed by atoms with Gasteiger partial charge in [0, 0.05) is 23.9 Å². The number of rotatable bonds is 7. The summed E-state index contributed by atoms with van der Waals surface area (Å²) in [7, 11) is 0. The van der Waals surface area contributed by atoms with Crippen LogP contribution in [0.15, 0.2) is 35.7 Å². The number of carbonyl (C=O) groups excluding carboxylic acids is 1. The molecule has 6 nitrogen and oxygen atoms in total. The van der Waals surface area contributed by atoms with Gasteiger partial charge in [-0.1, -0.05) is 23.9 Å². The average Bonchev–Trinajstić information content (AvgIpc) is 3.26. The summed E-state index contributed by atoms with van der Waals surface area (Å²) in [4.78, 5) is 16.3. The molecule has 0 radical (unpaired) electrons. The molecule has 1 fully saturated rings. The molecule has 7 heteroatoms. The molecule has 0 spiro atoms. The minimum absolute atomic E-state index is 0.0446. The second-order valence-electron chi connectivity index (χ2n) is 5.43. The van der Waals surface area contributed by atoms with Crippen molar-refractivity contribution in [2.45, 2.75) is 29.8 Å². The van der Waals surface area contributed by atoms with E-state index in [0.29, 0.717) is 18.0 Å². The number of H-pyrrole nitrogens is 1. The number of nitrogens with zero attached hydrogens (tertiary/aromatic N) is 2. The zero-order chi connectivity index (χ0) is 15.4. The van der Waals surface area contributed by atoms with Crippen LogP contribution in [0.2, 0.25) is 0 Å². The smallest absolute Gasteiger partial charge is 0.251 e. The van der Waals surface area contributed by atoms with Crippen LogP contribution in [0.3, 0.4) is 0 Å². The summed E-state index contributed by atoms with van der Waals surface area (Å²) < 4.78 is 0. The van der Waals surface area contributed by atoms with Crippen LogP contribution in [0, 0.1) is 5.92 Å². The Morgan fingerprint density at radius 2 is 2.18 bits per heavy atom. The monoisotopic (exact) mass is 317 g/mol. The van der Waals surface area contributed by atoms with Gasteiger partial charge in [-0.05, 0) is 36.5 Å². The lowest BCUT2D eigenvalue weighted by molar-refractivity contribution is 0.0933. The third-order valence-corrected chi connectivity index (χ3v) is 4.69. The van der Waals surface area contributed by atoms with Crippen molar-refractivity contribution in [2.75, 3.05) is 6.54 Å². The van der Waals surface area contributed by atoms with E-state index in [1.54, 1.807) is 11.8 Å². The molecule has 3 rings (SSSR count). The first kappa shape index (κ1) is 15.1. The number of hydrogen-bond donors (Lipinski definition) is 3. The minimum atomic E-state index is -0.0446. The number of thioether (sulfide) groups is 1. The summed E-state index contributed by atoms with van der Waals surface area (Å²) in [6.45, 7) is 0.502.